The number of aromatic nitrogens is 1. The molecule has 2 aromatic rings. The van der Waals surface area contributed by atoms with Crippen LogP contribution in [-0.4, -0.2) is 19.3 Å². The summed E-state index contributed by atoms with van der Waals surface area (Å²) in [7, 11) is -3.89. The van der Waals surface area contributed by atoms with Gasteiger partial charge in [-0.2, -0.15) is 5.26 Å². The van der Waals surface area contributed by atoms with Crippen molar-refractivity contribution in [3.8, 4) is 6.07 Å². The van der Waals surface area contributed by atoms with Crippen molar-refractivity contribution < 1.29 is 13.2 Å². The van der Waals surface area contributed by atoms with E-state index in [1.807, 2.05) is 17.7 Å². The summed E-state index contributed by atoms with van der Waals surface area (Å²) >= 11 is 1.43. The zero-order valence-corrected chi connectivity index (χ0v) is 13.8. The van der Waals surface area contributed by atoms with Gasteiger partial charge in [0, 0.05) is 11.5 Å². The van der Waals surface area contributed by atoms with Crippen LogP contribution in [0.4, 0.5) is 0 Å². The standard InChI is InChI=1S/C15H13N3O3S2/c1-11-17-14(9-22-11)6-7-15(19)18-23(20,21)10-13-5-3-2-4-12(13)8-16/h2-7,9H,10H2,1H3,(H,18,19)/b7-6+. The zero-order valence-electron chi connectivity index (χ0n) is 12.2. The number of carbonyl (C=O) groups is 1. The third kappa shape index (κ3) is 5.02. The highest BCUT2D eigenvalue weighted by Crippen LogP contribution is 2.11. The molecule has 0 aliphatic carbocycles. The molecule has 0 aliphatic rings. The molecule has 23 heavy (non-hydrogen) atoms. The van der Waals surface area contributed by atoms with Crippen LogP contribution in [0.15, 0.2) is 35.7 Å². The highest BCUT2D eigenvalue weighted by atomic mass is 32.2. The van der Waals surface area contributed by atoms with Gasteiger partial charge < -0.3 is 0 Å². The Bertz CT molecular complexity index is 893. The summed E-state index contributed by atoms with van der Waals surface area (Å²) in [5.74, 6) is -1.20. The number of nitriles is 1. The van der Waals surface area contributed by atoms with Crippen LogP contribution in [0.1, 0.15) is 21.8 Å². The molecule has 0 unspecified atom stereocenters. The largest absolute Gasteiger partial charge is 0.269 e. The Morgan fingerprint density at radius 3 is 2.83 bits per heavy atom. The van der Waals surface area contributed by atoms with Crippen molar-refractivity contribution in [1.29, 1.82) is 5.26 Å². The smallest absolute Gasteiger partial charge is 0.257 e. The molecule has 0 saturated heterocycles. The topological polar surface area (TPSA) is 99.9 Å². The van der Waals surface area contributed by atoms with Gasteiger partial charge in [0.25, 0.3) is 5.91 Å². The van der Waals surface area contributed by atoms with Crippen molar-refractivity contribution in [3.05, 3.63) is 57.6 Å². The normalized spacial score (nSPS) is 11.3. The predicted octanol–water partition coefficient (Wildman–Crippen LogP) is 1.98. The maximum atomic E-state index is 12.0. The quantitative estimate of drug-likeness (QED) is 0.834. The molecular formula is C15H13N3O3S2. The molecule has 0 bridgehead atoms. The van der Waals surface area contributed by atoms with Crippen LogP contribution in [0, 0.1) is 18.3 Å². The lowest BCUT2D eigenvalue weighted by Gasteiger charge is -2.06. The summed E-state index contributed by atoms with van der Waals surface area (Å²) in [5.41, 5.74) is 1.20. The number of benzene rings is 1. The lowest BCUT2D eigenvalue weighted by molar-refractivity contribution is -0.114. The Labute approximate surface area is 138 Å². The highest BCUT2D eigenvalue weighted by Gasteiger charge is 2.16. The summed E-state index contributed by atoms with van der Waals surface area (Å²) in [6.07, 6.45) is 2.56. The van der Waals surface area contributed by atoms with E-state index in [1.54, 1.807) is 17.5 Å². The molecule has 0 spiro atoms. The van der Waals surface area contributed by atoms with Crippen LogP contribution >= 0.6 is 11.3 Å². The van der Waals surface area contributed by atoms with Crippen LogP contribution in [-0.2, 0) is 20.6 Å². The van der Waals surface area contributed by atoms with Gasteiger partial charge >= 0.3 is 0 Å². The highest BCUT2D eigenvalue weighted by molar-refractivity contribution is 7.89. The first kappa shape index (κ1) is 16.9. The second-order valence-electron chi connectivity index (χ2n) is 4.62. The minimum absolute atomic E-state index is 0.263. The van der Waals surface area contributed by atoms with E-state index in [2.05, 4.69) is 4.98 Å². The lowest BCUT2D eigenvalue weighted by Crippen LogP contribution is -2.30. The maximum absolute atomic E-state index is 12.0. The van der Waals surface area contributed by atoms with Crippen LogP contribution < -0.4 is 4.72 Å². The molecule has 1 amide bonds. The number of carbonyl (C=O) groups excluding carboxylic acids is 1. The number of amides is 1. The number of rotatable bonds is 5. The van der Waals surface area contributed by atoms with E-state index in [4.69, 9.17) is 5.26 Å². The van der Waals surface area contributed by atoms with Crippen LogP contribution in [0.3, 0.4) is 0 Å². The molecule has 1 N–H and O–H groups in total. The van der Waals surface area contributed by atoms with Gasteiger partial charge in [-0.25, -0.2) is 18.1 Å². The molecule has 0 fully saturated rings. The molecule has 0 radical (unpaired) electrons. The molecule has 118 valence electrons. The van der Waals surface area contributed by atoms with Gasteiger partial charge in [-0.1, -0.05) is 18.2 Å². The van der Waals surface area contributed by atoms with Gasteiger partial charge in [-0.05, 0) is 24.6 Å². The van der Waals surface area contributed by atoms with E-state index in [0.29, 0.717) is 11.3 Å². The summed E-state index contributed by atoms with van der Waals surface area (Å²) < 4.78 is 26.0. The number of sulfonamides is 1. The van der Waals surface area contributed by atoms with E-state index < -0.39 is 21.7 Å². The second-order valence-corrected chi connectivity index (χ2v) is 7.40. The molecule has 1 aromatic heterocycles. The van der Waals surface area contributed by atoms with Gasteiger partial charge in [0.2, 0.25) is 10.0 Å². The Morgan fingerprint density at radius 1 is 1.43 bits per heavy atom. The molecule has 0 atom stereocenters. The van der Waals surface area contributed by atoms with Crippen molar-refractivity contribution in [2.24, 2.45) is 0 Å². The first-order valence-electron chi connectivity index (χ1n) is 6.52. The van der Waals surface area contributed by atoms with Crippen molar-refractivity contribution in [2.75, 3.05) is 0 Å². The molecule has 6 nitrogen and oxygen atoms in total. The monoisotopic (exact) mass is 347 g/mol. The molecule has 1 aromatic carbocycles. The van der Waals surface area contributed by atoms with Gasteiger partial charge in [0.15, 0.2) is 0 Å². The second kappa shape index (κ2) is 7.17. The molecule has 1 heterocycles. The fourth-order valence-corrected chi connectivity index (χ4v) is 3.49. The maximum Gasteiger partial charge on any atom is 0.257 e. The Hall–Kier alpha value is -2.50. The average molecular weight is 347 g/mol. The van der Waals surface area contributed by atoms with E-state index >= 15 is 0 Å². The summed E-state index contributed by atoms with van der Waals surface area (Å²) in [6.45, 7) is 1.83. The minimum Gasteiger partial charge on any atom is -0.269 e. The van der Waals surface area contributed by atoms with E-state index in [-0.39, 0.29) is 5.56 Å². The van der Waals surface area contributed by atoms with Gasteiger partial charge in [0.05, 0.1) is 28.1 Å². The van der Waals surface area contributed by atoms with Crippen LogP contribution in [0.25, 0.3) is 6.08 Å². The summed E-state index contributed by atoms with van der Waals surface area (Å²) in [6, 6.07) is 8.27. The molecular weight excluding hydrogens is 334 g/mol. The third-order valence-corrected chi connectivity index (χ3v) is 4.78. The number of aryl methyl sites for hydroxylation is 1. The molecule has 8 heteroatoms. The van der Waals surface area contributed by atoms with E-state index in [9.17, 15) is 13.2 Å². The molecule has 0 aliphatic heterocycles. The van der Waals surface area contributed by atoms with Gasteiger partial charge in [0.1, 0.15) is 0 Å². The van der Waals surface area contributed by atoms with Crippen molar-refractivity contribution in [3.63, 3.8) is 0 Å². The van der Waals surface area contributed by atoms with Crippen LogP contribution in [0.2, 0.25) is 0 Å². The minimum atomic E-state index is -3.89. The first-order valence-corrected chi connectivity index (χ1v) is 9.05. The number of hydrogen-bond donors (Lipinski definition) is 1. The van der Waals surface area contributed by atoms with Crippen LogP contribution in [0.5, 0.6) is 0 Å². The Morgan fingerprint density at radius 2 is 2.17 bits per heavy atom. The average Bonchev–Trinajstić information content (AvgIpc) is 2.90. The fourth-order valence-electron chi connectivity index (χ4n) is 1.80. The van der Waals surface area contributed by atoms with Gasteiger partial charge in [-0.15, -0.1) is 11.3 Å². The number of hydrogen-bond acceptors (Lipinski definition) is 6. The fraction of sp³-hybridized carbons (Fsp3) is 0.133. The SMILES string of the molecule is Cc1nc(/C=C/C(=O)NS(=O)(=O)Cc2ccccc2C#N)cs1. The first-order chi connectivity index (χ1) is 10.9. The zero-order chi connectivity index (χ0) is 16.9. The number of nitrogens with one attached hydrogen (secondary N) is 1. The molecule has 2 rings (SSSR count). The van der Waals surface area contributed by atoms with Crippen molar-refractivity contribution in [2.45, 2.75) is 12.7 Å². The van der Waals surface area contributed by atoms with Crippen molar-refractivity contribution in [1.82, 2.24) is 9.71 Å². The van der Waals surface area contributed by atoms with Crippen molar-refractivity contribution >= 4 is 33.3 Å². The molecule has 0 saturated carbocycles. The summed E-state index contributed by atoms with van der Waals surface area (Å²) in [4.78, 5) is 15.9. The summed E-state index contributed by atoms with van der Waals surface area (Å²) in [5, 5.41) is 11.6. The Kier molecular flexibility index (Phi) is 5.26. The number of thiazole rings is 1. The third-order valence-electron chi connectivity index (χ3n) is 2.78. The lowest BCUT2D eigenvalue weighted by atomic mass is 10.1. The van der Waals surface area contributed by atoms with E-state index in [1.165, 1.54) is 29.5 Å². The van der Waals surface area contributed by atoms with E-state index in [0.717, 1.165) is 11.1 Å². The number of nitrogens with zero attached hydrogens (tertiary/aromatic N) is 2. The predicted molar refractivity (Wildman–Crippen MR) is 87.8 cm³/mol. The van der Waals surface area contributed by atoms with Gasteiger partial charge in [-0.3, -0.25) is 4.79 Å². The Balaban J connectivity index is 2.04.